The zero-order valence-electron chi connectivity index (χ0n) is 7.81. The van der Waals surface area contributed by atoms with Crippen molar-refractivity contribution in [2.75, 3.05) is 6.61 Å². The molecule has 0 aliphatic heterocycles. The van der Waals surface area contributed by atoms with Crippen LogP contribution in [0.2, 0.25) is 0 Å². The Hall–Kier alpha value is -1.61. The van der Waals surface area contributed by atoms with Crippen molar-refractivity contribution in [3.8, 4) is 0 Å². The summed E-state index contributed by atoms with van der Waals surface area (Å²) in [6.45, 7) is 0.149. The summed E-state index contributed by atoms with van der Waals surface area (Å²) in [5, 5.41) is 8.69. The molecule has 0 heterocycles. The van der Waals surface area contributed by atoms with Crippen molar-refractivity contribution in [3.63, 3.8) is 0 Å². The monoisotopic (exact) mass is 191 g/mol. The van der Waals surface area contributed by atoms with E-state index in [0.717, 1.165) is 11.1 Å². The molecule has 0 aromatic heterocycles. The number of aliphatic hydroxyl groups excluding tert-OH is 1. The minimum atomic E-state index is -0.454. The van der Waals surface area contributed by atoms with Gasteiger partial charge >= 0.3 is 0 Å². The Morgan fingerprint density at radius 1 is 1.36 bits per heavy atom. The van der Waals surface area contributed by atoms with Crippen LogP contribution >= 0.6 is 0 Å². The van der Waals surface area contributed by atoms with Gasteiger partial charge in [-0.2, -0.15) is 0 Å². The van der Waals surface area contributed by atoms with Gasteiger partial charge in [0.05, 0.1) is 0 Å². The number of carbonyl (C=O) groups excluding carboxylic acids is 1. The van der Waals surface area contributed by atoms with Crippen LogP contribution < -0.4 is 5.73 Å². The second kappa shape index (κ2) is 5.19. The van der Waals surface area contributed by atoms with Crippen molar-refractivity contribution < 1.29 is 9.90 Å². The molecule has 0 atom stereocenters. The van der Waals surface area contributed by atoms with E-state index >= 15 is 0 Å². The van der Waals surface area contributed by atoms with Gasteiger partial charge in [0.15, 0.2) is 0 Å². The summed E-state index contributed by atoms with van der Waals surface area (Å²) < 4.78 is 0. The van der Waals surface area contributed by atoms with E-state index in [9.17, 15) is 4.79 Å². The van der Waals surface area contributed by atoms with Gasteiger partial charge in [-0.1, -0.05) is 24.3 Å². The zero-order valence-corrected chi connectivity index (χ0v) is 7.81. The number of aliphatic hydroxyl groups is 1. The third-order valence-electron chi connectivity index (χ3n) is 1.82. The van der Waals surface area contributed by atoms with E-state index < -0.39 is 5.91 Å². The van der Waals surface area contributed by atoms with Crippen LogP contribution in [0.25, 0.3) is 6.08 Å². The molecule has 0 saturated heterocycles. The van der Waals surface area contributed by atoms with E-state index in [1.807, 2.05) is 24.3 Å². The summed E-state index contributed by atoms with van der Waals surface area (Å²) in [6, 6.07) is 7.59. The van der Waals surface area contributed by atoms with Crippen molar-refractivity contribution in [2.24, 2.45) is 5.73 Å². The molecule has 0 spiro atoms. The number of benzene rings is 1. The average molecular weight is 191 g/mol. The molecule has 0 unspecified atom stereocenters. The maximum atomic E-state index is 10.4. The van der Waals surface area contributed by atoms with E-state index in [2.05, 4.69) is 0 Å². The van der Waals surface area contributed by atoms with Crippen molar-refractivity contribution in [1.82, 2.24) is 0 Å². The fraction of sp³-hybridized carbons (Fsp3) is 0.182. The predicted octanol–water partition coefficient (Wildman–Crippen LogP) is 0.720. The number of amides is 1. The minimum Gasteiger partial charge on any atom is -0.396 e. The summed E-state index contributed by atoms with van der Waals surface area (Å²) in [5.41, 5.74) is 6.95. The lowest BCUT2D eigenvalue weighted by Gasteiger charge is -1.98. The summed E-state index contributed by atoms with van der Waals surface area (Å²) in [4.78, 5) is 10.4. The SMILES string of the molecule is NC(=O)C=Cc1ccc(CCO)cc1. The van der Waals surface area contributed by atoms with E-state index in [4.69, 9.17) is 10.8 Å². The van der Waals surface area contributed by atoms with Gasteiger partial charge in [-0.15, -0.1) is 0 Å². The first-order valence-corrected chi connectivity index (χ1v) is 4.39. The molecule has 1 aromatic rings. The molecule has 74 valence electrons. The molecule has 3 nitrogen and oxygen atoms in total. The lowest BCUT2D eigenvalue weighted by atomic mass is 10.1. The predicted molar refractivity (Wildman–Crippen MR) is 55.5 cm³/mol. The van der Waals surface area contributed by atoms with Crippen LogP contribution in [0, 0.1) is 0 Å². The molecule has 14 heavy (non-hydrogen) atoms. The van der Waals surface area contributed by atoms with Gasteiger partial charge in [0, 0.05) is 12.7 Å². The van der Waals surface area contributed by atoms with Crippen LogP contribution in [-0.2, 0) is 11.2 Å². The van der Waals surface area contributed by atoms with Crippen molar-refractivity contribution >= 4 is 12.0 Å². The van der Waals surface area contributed by atoms with Crippen LogP contribution in [0.1, 0.15) is 11.1 Å². The lowest BCUT2D eigenvalue weighted by Crippen LogP contribution is -2.05. The topological polar surface area (TPSA) is 63.3 Å². The highest BCUT2D eigenvalue weighted by molar-refractivity contribution is 5.90. The molecule has 1 aromatic carbocycles. The molecule has 1 amide bonds. The second-order valence-corrected chi connectivity index (χ2v) is 2.95. The van der Waals surface area contributed by atoms with Crippen molar-refractivity contribution in [3.05, 3.63) is 41.5 Å². The first-order valence-electron chi connectivity index (χ1n) is 4.39. The number of rotatable bonds is 4. The molecule has 0 aliphatic carbocycles. The van der Waals surface area contributed by atoms with E-state index in [1.165, 1.54) is 6.08 Å². The Balaban J connectivity index is 2.68. The maximum Gasteiger partial charge on any atom is 0.241 e. The van der Waals surface area contributed by atoms with Gasteiger partial charge in [0.2, 0.25) is 5.91 Å². The zero-order chi connectivity index (χ0) is 10.4. The van der Waals surface area contributed by atoms with Crippen LogP contribution in [0.15, 0.2) is 30.3 Å². The van der Waals surface area contributed by atoms with Gasteiger partial charge in [-0.05, 0) is 23.6 Å². The molecule has 0 aliphatic rings. The van der Waals surface area contributed by atoms with Gasteiger partial charge in [-0.3, -0.25) is 4.79 Å². The molecule has 0 fully saturated rings. The average Bonchev–Trinajstić information content (AvgIpc) is 2.17. The van der Waals surface area contributed by atoms with Gasteiger partial charge in [0.25, 0.3) is 0 Å². The molecule has 3 heteroatoms. The Morgan fingerprint density at radius 3 is 2.50 bits per heavy atom. The normalized spacial score (nSPS) is 10.6. The van der Waals surface area contributed by atoms with E-state index in [1.54, 1.807) is 6.08 Å². The van der Waals surface area contributed by atoms with Crippen LogP contribution in [0.4, 0.5) is 0 Å². The molecule has 0 radical (unpaired) electrons. The van der Waals surface area contributed by atoms with Gasteiger partial charge in [-0.25, -0.2) is 0 Å². The quantitative estimate of drug-likeness (QED) is 0.689. The fourth-order valence-electron chi connectivity index (χ4n) is 1.10. The van der Waals surface area contributed by atoms with Gasteiger partial charge in [0.1, 0.15) is 0 Å². The summed E-state index contributed by atoms with van der Waals surface area (Å²) >= 11 is 0. The van der Waals surface area contributed by atoms with Crippen LogP contribution in [-0.4, -0.2) is 17.6 Å². The highest BCUT2D eigenvalue weighted by Gasteiger charge is 1.91. The Kier molecular flexibility index (Phi) is 3.88. The standard InChI is InChI=1S/C11H13NO2/c12-11(14)6-5-9-1-3-10(4-2-9)7-8-13/h1-6,13H,7-8H2,(H2,12,14). The number of primary amides is 1. The van der Waals surface area contributed by atoms with E-state index in [-0.39, 0.29) is 6.61 Å². The Morgan fingerprint density at radius 2 is 2.00 bits per heavy atom. The number of nitrogens with two attached hydrogens (primary N) is 1. The first kappa shape index (κ1) is 10.5. The van der Waals surface area contributed by atoms with Crippen LogP contribution in [0.5, 0.6) is 0 Å². The number of hydrogen-bond acceptors (Lipinski definition) is 2. The largest absolute Gasteiger partial charge is 0.396 e. The molecule has 0 saturated carbocycles. The van der Waals surface area contributed by atoms with Gasteiger partial charge < -0.3 is 10.8 Å². The minimum absolute atomic E-state index is 0.149. The molecular weight excluding hydrogens is 178 g/mol. The summed E-state index contributed by atoms with van der Waals surface area (Å²) in [5.74, 6) is -0.454. The third-order valence-corrected chi connectivity index (χ3v) is 1.82. The molecule has 1 rings (SSSR count). The molecular formula is C11H13NO2. The Bertz CT molecular complexity index is 328. The lowest BCUT2D eigenvalue weighted by molar-refractivity contribution is -0.113. The van der Waals surface area contributed by atoms with E-state index in [0.29, 0.717) is 6.42 Å². The fourth-order valence-corrected chi connectivity index (χ4v) is 1.10. The van der Waals surface area contributed by atoms with Crippen molar-refractivity contribution in [2.45, 2.75) is 6.42 Å². The second-order valence-electron chi connectivity index (χ2n) is 2.95. The Labute approximate surface area is 82.9 Å². The molecule has 3 N–H and O–H groups in total. The summed E-state index contributed by atoms with van der Waals surface area (Å²) in [6.07, 6.45) is 3.63. The number of hydrogen-bond donors (Lipinski definition) is 2. The highest BCUT2D eigenvalue weighted by atomic mass is 16.2. The van der Waals surface area contributed by atoms with Crippen molar-refractivity contribution in [1.29, 1.82) is 0 Å². The first-order chi connectivity index (χ1) is 6.72. The summed E-state index contributed by atoms with van der Waals surface area (Å²) in [7, 11) is 0. The highest BCUT2D eigenvalue weighted by Crippen LogP contribution is 2.06. The smallest absolute Gasteiger partial charge is 0.241 e. The maximum absolute atomic E-state index is 10.4. The third kappa shape index (κ3) is 3.41. The molecule has 0 bridgehead atoms. The van der Waals surface area contributed by atoms with Crippen LogP contribution in [0.3, 0.4) is 0 Å². The number of carbonyl (C=O) groups is 1.